The summed E-state index contributed by atoms with van der Waals surface area (Å²) in [5.74, 6) is -0.151. The quantitative estimate of drug-likeness (QED) is 0.260. The lowest BCUT2D eigenvalue weighted by molar-refractivity contribution is 0.0999. The van der Waals surface area contributed by atoms with Crippen LogP contribution in [0.3, 0.4) is 0 Å². The molecule has 0 bridgehead atoms. The van der Waals surface area contributed by atoms with Crippen molar-refractivity contribution in [2.24, 2.45) is 12.8 Å². The van der Waals surface area contributed by atoms with Crippen molar-refractivity contribution in [3.8, 4) is 5.69 Å². The number of carbonyl (C=O) groups is 2. The van der Waals surface area contributed by atoms with E-state index in [0.717, 1.165) is 16.8 Å². The number of pyridine rings is 1. The minimum absolute atomic E-state index is 0.150. The minimum atomic E-state index is -0.568. The van der Waals surface area contributed by atoms with Crippen molar-refractivity contribution in [3.05, 3.63) is 100 Å². The molecule has 2 aromatic carbocycles. The van der Waals surface area contributed by atoms with Crippen LogP contribution in [-0.2, 0) is 13.5 Å². The number of primary amides is 1. The van der Waals surface area contributed by atoms with E-state index in [1.165, 1.54) is 10.9 Å². The summed E-state index contributed by atoms with van der Waals surface area (Å²) in [6, 6.07) is 17.0. The molecule has 4 heterocycles. The van der Waals surface area contributed by atoms with Crippen LogP contribution in [0.5, 0.6) is 0 Å². The first-order valence-corrected chi connectivity index (χ1v) is 12.9. The van der Waals surface area contributed by atoms with Gasteiger partial charge in [-0.05, 0) is 42.1 Å². The van der Waals surface area contributed by atoms with E-state index in [1.54, 1.807) is 34.8 Å². The SMILES string of the molecule is CCc1cc2cccc(NC(=O)c3cnn(C)c3)c2c(=O)n1-c1ccccc1.NC(=O)c1c(N)nn2c1NCC=C2. The lowest BCUT2D eigenvalue weighted by atomic mass is 10.1. The fourth-order valence-corrected chi connectivity index (χ4v) is 4.65. The van der Waals surface area contributed by atoms with Gasteiger partial charge in [-0.25, -0.2) is 4.68 Å². The molecule has 0 saturated carbocycles. The highest BCUT2D eigenvalue weighted by molar-refractivity contribution is 6.09. The van der Waals surface area contributed by atoms with Gasteiger partial charge in [-0.15, -0.1) is 5.10 Å². The predicted molar refractivity (Wildman–Crippen MR) is 159 cm³/mol. The van der Waals surface area contributed by atoms with Crippen molar-refractivity contribution in [1.29, 1.82) is 0 Å². The largest absolute Gasteiger partial charge is 0.381 e. The Morgan fingerprint density at radius 2 is 1.90 bits per heavy atom. The molecule has 5 aromatic rings. The molecule has 0 atom stereocenters. The summed E-state index contributed by atoms with van der Waals surface area (Å²) in [6.45, 7) is 2.67. The van der Waals surface area contributed by atoms with Crippen molar-refractivity contribution in [1.82, 2.24) is 24.1 Å². The number of hydrogen-bond donors (Lipinski definition) is 4. The molecule has 0 unspecified atom stereocenters. The highest BCUT2D eigenvalue weighted by Gasteiger charge is 2.20. The van der Waals surface area contributed by atoms with E-state index in [4.69, 9.17) is 11.5 Å². The number of carbonyl (C=O) groups excluding carboxylic acids is 2. The van der Waals surface area contributed by atoms with Crippen LogP contribution in [0.1, 0.15) is 33.3 Å². The zero-order chi connectivity index (χ0) is 29.1. The number of para-hydroxylation sites is 1. The molecule has 2 amide bonds. The number of nitrogens with one attached hydrogen (secondary N) is 2. The van der Waals surface area contributed by atoms with E-state index in [-0.39, 0.29) is 22.8 Å². The van der Waals surface area contributed by atoms with Crippen LogP contribution in [0.2, 0.25) is 0 Å². The highest BCUT2D eigenvalue weighted by atomic mass is 16.2. The molecule has 41 heavy (non-hydrogen) atoms. The molecule has 6 N–H and O–H groups in total. The van der Waals surface area contributed by atoms with Crippen molar-refractivity contribution < 1.29 is 9.59 Å². The number of nitrogen functional groups attached to an aromatic ring is 1. The second kappa shape index (κ2) is 11.2. The summed E-state index contributed by atoms with van der Waals surface area (Å²) in [5, 5.41) is 15.1. The lowest BCUT2D eigenvalue weighted by Crippen LogP contribution is -2.23. The fourth-order valence-electron chi connectivity index (χ4n) is 4.65. The molecule has 3 aromatic heterocycles. The number of fused-ring (bicyclic) bond motifs is 2. The zero-order valence-electron chi connectivity index (χ0n) is 22.5. The lowest BCUT2D eigenvalue weighted by Gasteiger charge is -2.15. The Labute approximate surface area is 234 Å². The number of benzene rings is 2. The second-order valence-corrected chi connectivity index (χ2v) is 9.28. The fraction of sp³-hybridized carbons (Fsp3) is 0.138. The molecule has 0 saturated heterocycles. The van der Waals surface area contributed by atoms with Gasteiger partial charge in [0.05, 0.1) is 22.8 Å². The van der Waals surface area contributed by atoms with Crippen LogP contribution in [0.15, 0.2) is 77.9 Å². The third-order valence-electron chi connectivity index (χ3n) is 6.53. The van der Waals surface area contributed by atoms with Gasteiger partial charge in [-0.2, -0.15) is 5.10 Å². The van der Waals surface area contributed by atoms with Crippen LogP contribution in [0.25, 0.3) is 22.7 Å². The van der Waals surface area contributed by atoms with Crippen LogP contribution < -0.4 is 27.7 Å². The normalized spacial score (nSPS) is 11.8. The van der Waals surface area contributed by atoms with Crippen molar-refractivity contribution in [3.63, 3.8) is 0 Å². The van der Waals surface area contributed by atoms with Gasteiger partial charge >= 0.3 is 0 Å². The van der Waals surface area contributed by atoms with Crippen LogP contribution >= 0.6 is 0 Å². The van der Waals surface area contributed by atoms with Crippen LogP contribution in [0.4, 0.5) is 17.3 Å². The monoisotopic (exact) mass is 551 g/mol. The maximum absolute atomic E-state index is 13.4. The van der Waals surface area contributed by atoms with E-state index < -0.39 is 5.91 Å². The average molecular weight is 552 g/mol. The number of aryl methyl sites for hydroxylation is 2. The van der Waals surface area contributed by atoms with Crippen LogP contribution in [0, 0.1) is 0 Å². The van der Waals surface area contributed by atoms with Crippen molar-refractivity contribution >= 4 is 46.1 Å². The first-order chi connectivity index (χ1) is 19.8. The van der Waals surface area contributed by atoms with Gasteiger partial charge in [0.15, 0.2) is 5.82 Å². The smallest absolute Gasteiger partial charge is 0.265 e. The summed E-state index contributed by atoms with van der Waals surface area (Å²) in [6.07, 6.45) is 7.45. The second-order valence-electron chi connectivity index (χ2n) is 9.28. The van der Waals surface area contributed by atoms with Gasteiger partial charge in [-0.3, -0.25) is 23.6 Å². The van der Waals surface area contributed by atoms with Gasteiger partial charge in [0.1, 0.15) is 11.4 Å². The van der Waals surface area contributed by atoms with E-state index in [2.05, 4.69) is 20.8 Å². The first-order valence-electron chi connectivity index (χ1n) is 12.9. The summed E-state index contributed by atoms with van der Waals surface area (Å²) in [7, 11) is 1.75. The standard InChI is InChI=1S/C22H20N4O2.C7H9N5O/c1-3-17-12-15-8-7-11-19(24-21(27)16-13-23-25(2)14-16)20(15)22(28)26(17)18-9-5-4-6-10-18;8-5-4(6(9)13)7-10-2-1-3-12(7)11-5/h4-14H,3H2,1-2H3,(H,24,27);1,3,10H,2H2,(H2,8,11)(H2,9,13). The van der Waals surface area contributed by atoms with Crippen molar-refractivity contribution in [2.75, 3.05) is 22.9 Å². The topological polar surface area (TPSA) is 168 Å². The van der Waals surface area contributed by atoms with E-state index in [9.17, 15) is 14.4 Å². The van der Waals surface area contributed by atoms with Gasteiger partial charge in [0, 0.05) is 37.4 Å². The Bertz CT molecular complexity index is 1850. The minimum Gasteiger partial charge on any atom is -0.381 e. The van der Waals surface area contributed by atoms with Crippen LogP contribution in [-0.4, -0.2) is 42.5 Å². The molecule has 0 fully saturated rings. The number of rotatable bonds is 5. The Balaban J connectivity index is 0.000000216. The molecular weight excluding hydrogens is 522 g/mol. The summed E-state index contributed by atoms with van der Waals surface area (Å²) in [5.41, 5.74) is 13.4. The molecule has 1 aliphatic heterocycles. The first kappa shape index (κ1) is 26.9. The van der Waals surface area contributed by atoms with Gasteiger partial charge in [0.25, 0.3) is 17.4 Å². The average Bonchev–Trinajstić information content (AvgIpc) is 3.56. The molecule has 208 valence electrons. The van der Waals surface area contributed by atoms with Crippen molar-refractivity contribution in [2.45, 2.75) is 13.3 Å². The molecule has 0 aliphatic carbocycles. The van der Waals surface area contributed by atoms with E-state index >= 15 is 0 Å². The Hall–Kier alpha value is -5.65. The molecule has 1 aliphatic rings. The number of anilines is 3. The zero-order valence-corrected chi connectivity index (χ0v) is 22.5. The molecule has 6 rings (SSSR count). The molecular formula is C29H29N9O3. The summed E-state index contributed by atoms with van der Waals surface area (Å²) >= 11 is 0. The maximum atomic E-state index is 13.4. The molecule has 12 heteroatoms. The molecule has 0 radical (unpaired) electrons. The van der Waals surface area contributed by atoms with Gasteiger partial charge in [-0.1, -0.05) is 37.3 Å². The highest BCUT2D eigenvalue weighted by Crippen LogP contribution is 2.24. The van der Waals surface area contributed by atoms with E-state index in [0.29, 0.717) is 35.4 Å². The molecule has 0 spiro atoms. The Kier molecular flexibility index (Phi) is 7.37. The predicted octanol–water partition coefficient (Wildman–Crippen LogP) is 3.00. The number of amides is 2. The van der Waals surface area contributed by atoms with Gasteiger partial charge in [0.2, 0.25) is 0 Å². The number of nitrogens with zero attached hydrogens (tertiary/aromatic N) is 5. The van der Waals surface area contributed by atoms with Gasteiger partial charge < -0.3 is 22.1 Å². The third-order valence-corrected chi connectivity index (χ3v) is 6.53. The Morgan fingerprint density at radius 3 is 2.59 bits per heavy atom. The van der Waals surface area contributed by atoms with E-state index in [1.807, 2.05) is 61.5 Å². The number of nitrogens with two attached hydrogens (primary N) is 2. The summed E-state index contributed by atoms with van der Waals surface area (Å²) in [4.78, 5) is 37.0. The maximum Gasteiger partial charge on any atom is 0.265 e. The third kappa shape index (κ3) is 5.30. The summed E-state index contributed by atoms with van der Waals surface area (Å²) < 4.78 is 4.77. The number of aromatic nitrogens is 5. The molecule has 12 nitrogen and oxygen atoms in total. The Morgan fingerprint density at radius 1 is 1.12 bits per heavy atom. The number of hydrogen-bond acceptors (Lipinski definition) is 7.